The standard InChI is InChI=1S/C11H20O/c1-11(2)7-9(11)6-8-4-3-5-10(8)12/h8-10,12H,3-7H2,1-2H3. The van der Waals surface area contributed by atoms with Crippen LogP contribution in [0.1, 0.15) is 46.0 Å². The van der Waals surface area contributed by atoms with Crippen molar-refractivity contribution in [3.05, 3.63) is 0 Å². The van der Waals surface area contributed by atoms with Crippen LogP contribution in [0.3, 0.4) is 0 Å². The molecule has 0 saturated heterocycles. The van der Waals surface area contributed by atoms with E-state index in [1.807, 2.05) is 0 Å². The molecule has 12 heavy (non-hydrogen) atoms. The number of rotatable bonds is 2. The van der Waals surface area contributed by atoms with Crippen LogP contribution in [0.5, 0.6) is 0 Å². The average Bonchev–Trinajstić information content (AvgIpc) is 2.39. The van der Waals surface area contributed by atoms with Gasteiger partial charge in [0.25, 0.3) is 0 Å². The zero-order valence-electron chi connectivity index (χ0n) is 8.21. The summed E-state index contributed by atoms with van der Waals surface area (Å²) < 4.78 is 0. The molecule has 2 saturated carbocycles. The zero-order chi connectivity index (χ0) is 8.77. The van der Waals surface area contributed by atoms with Crippen LogP contribution in [0, 0.1) is 17.3 Å². The van der Waals surface area contributed by atoms with Crippen molar-refractivity contribution in [2.75, 3.05) is 0 Å². The molecule has 1 N–H and O–H groups in total. The molecule has 0 aromatic rings. The van der Waals surface area contributed by atoms with Crippen molar-refractivity contribution in [2.24, 2.45) is 17.3 Å². The SMILES string of the molecule is CC1(C)CC1CC1CCCC1O. The Morgan fingerprint density at radius 3 is 2.42 bits per heavy atom. The molecule has 0 bridgehead atoms. The summed E-state index contributed by atoms with van der Waals surface area (Å²) in [5.41, 5.74) is 0.600. The Balaban J connectivity index is 1.80. The van der Waals surface area contributed by atoms with Crippen LogP contribution in [-0.2, 0) is 0 Å². The first-order valence-electron chi connectivity index (χ1n) is 5.28. The number of hydrogen-bond acceptors (Lipinski definition) is 1. The molecular formula is C11H20O. The van der Waals surface area contributed by atoms with Crippen molar-refractivity contribution < 1.29 is 5.11 Å². The van der Waals surface area contributed by atoms with Crippen LogP contribution in [0.25, 0.3) is 0 Å². The molecule has 2 aliphatic rings. The predicted octanol–water partition coefficient (Wildman–Crippen LogP) is 2.58. The van der Waals surface area contributed by atoms with Crippen LogP contribution in [-0.4, -0.2) is 11.2 Å². The molecule has 70 valence electrons. The maximum Gasteiger partial charge on any atom is 0.0568 e. The number of aliphatic hydroxyl groups is 1. The summed E-state index contributed by atoms with van der Waals surface area (Å²) in [5.74, 6) is 1.55. The van der Waals surface area contributed by atoms with Gasteiger partial charge in [-0.05, 0) is 42.9 Å². The molecule has 0 aromatic heterocycles. The fourth-order valence-electron chi connectivity index (χ4n) is 2.64. The molecule has 0 heterocycles. The molecule has 2 aliphatic carbocycles. The molecule has 0 aromatic carbocycles. The van der Waals surface area contributed by atoms with Crippen molar-refractivity contribution in [2.45, 2.75) is 52.1 Å². The number of aliphatic hydroxyl groups excluding tert-OH is 1. The van der Waals surface area contributed by atoms with Crippen LogP contribution < -0.4 is 0 Å². The van der Waals surface area contributed by atoms with Crippen LogP contribution in [0.2, 0.25) is 0 Å². The van der Waals surface area contributed by atoms with Gasteiger partial charge in [0.05, 0.1) is 6.10 Å². The fourth-order valence-corrected chi connectivity index (χ4v) is 2.64. The van der Waals surface area contributed by atoms with Gasteiger partial charge in [0, 0.05) is 0 Å². The van der Waals surface area contributed by atoms with E-state index in [0.29, 0.717) is 11.3 Å². The molecule has 0 aliphatic heterocycles. The van der Waals surface area contributed by atoms with Crippen molar-refractivity contribution in [1.82, 2.24) is 0 Å². The van der Waals surface area contributed by atoms with Crippen LogP contribution in [0.4, 0.5) is 0 Å². The summed E-state index contributed by atoms with van der Waals surface area (Å²) in [7, 11) is 0. The second kappa shape index (κ2) is 2.73. The maximum absolute atomic E-state index is 9.64. The third kappa shape index (κ3) is 1.52. The van der Waals surface area contributed by atoms with E-state index >= 15 is 0 Å². The quantitative estimate of drug-likeness (QED) is 0.672. The molecule has 0 radical (unpaired) electrons. The first-order valence-corrected chi connectivity index (χ1v) is 5.28. The van der Waals surface area contributed by atoms with Gasteiger partial charge in [0.1, 0.15) is 0 Å². The predicted molar refractivity (Wildman–Crippen MR) is 49.9 cm³/mol. The summed E-state index contributed by atoms with van der Waals surface area (Å²) in [6.45, 7) is 4.69. The lowest BCUT2D eigenvalue weighted by atomic mass is 9.95. The number of hydrogen-bond donors (Lipinski definition) is 1. The first-order chi connectivity index (χ1) is 5.59. The summed E-state index contributed by atoms with van der Waals surface area (Å²) in [6.07, 6.45) is 6.27. The Morgan fingerprint density at radius 1 is 1.33 bits per heavy atom. The third-order valence-corrected chi connectivity index (χ3v) is 3.92. The van der Waals surface area contributed by atoms with Gasteiger partial charge in [0.15, 0.2) is 0 Å². The van der Waals surface area contributed by atoms with E-state index in [-0.39, 0.29) is 6.10 Å². The molecule has 0 spiro atoms. The Hall–Kier alpha value is -0.0400. The van der Waals surface area contributed by atoms with Crippen molar-refractivity contribution >= 4 is 0 Å². The van der Waals surface area contributed by atoms with E-state index < -0.39 is 0 Å². The minimum Gasteiger partial charge on any atom is -0.393 e. The van der Waals surface area contributed by atoms with Crippen molar-refractivity contribution in [3.8, 4) is 0 Å². The van der Waals surface area contributed by atoms with Gasteiger partial charge in [-0.1, -0.05) is 20.3 Å². The Labute approximate surface area is 75.2 Å². The van der Waals surface area contributed by atoms with Crippen molar-refractivity contribution in [1.29, 1.82) is 0 Å². The Kier molecular flexibility index (Phi) is 1.95. The molecule has 2 fully saturated rings. The van der Waals surface area contributed by atoms with Gasteiger partial charge in [0.2, 0.25) is 0 Å². The van der Waals surface area contributed by atoms with Crippen molar-refractivity contribution in [3.63, 3.8) is 0 Å². The second-order valence-corrected chi connectivity index (χ2v) is 5.38. The first kappa shape index (κ1) is 8.55. The minimum absolute atomic E-state index is 0.0291. The summed E-state index contributed by atoms with van der Waals surface area (Å²) >= 11 is 0. The lowest BCUT2D eigenvalue weighted by molar-refractivity contribution is 0.122. The van der Waals surface area contributed by atoms with Gasteiger partial charge in [-0.2, -0.15) is 0 Å². The molecule has 1 heteroatoms. The largest absolute Gasteiger partial charge is 0.393 e. The highest BCUT2D eigenvalue weighted by atomic mass is 16.3. The van der Waals surface area contributed by atoms with E-state index in [4.69, 9.17) is 0 Å². The van der Waals surface area contributed by atoms with Gasteiger partial charge < -0.3 is 5.11 Å². The van der Waals surface area contributed by atoms with E-state index in [0.717, 1.165) is 12.3 Å². The molecular weight excluding hydrogens is 148 g/mol. The summed E-state index contributed by atoms with van der Waals surface area (Å²) in [6, 6.07) is 0. The molecule has 3 unspecified atom stereocenters. The molecule has 1 nitrogen and oxygen atoms in total. The van der Waals surface area contributed by atoms with Crippen LogP contribution >= 0.6 is 0 Å². The van der Waals surface area contributed by atoms with E-state index in [9.17, 15) is 5.11 Å². The van der Waals surface area contributed by atoms with Gasteiger partial charge in [-0.15, -0.1) is 0 Å². The average molecular weight is 168 g/mol. The van der Waals surface area contributed by atoms with E-state index in [1.165, 1.54) is 25.7 Å². The summed E-state index contributed by atoms with van der Waals surface area (Å²) in [5, 5.41) is 9.64. The van der Waals surface area contributed by atoms with E-state index in [1.54, 1.807) is 0 Å². The molecule has 2 rings (SSSR count). The second-order valence-electron chi connectivity index (χ2n) is 5.38. The monoisotopic (exact) mass is 168 g/mol. The Bertz CT molecular complexity index is 174. The maximum atomic E-state index is 9.64. The molecule has 3 atom stereocenters. The normalized spacial score (nSPS) is 44.8. The van der Waals surface area contributed by atoms with Crippen LogP contribution in [0.15, 0.2) is 0 Å². The van der Waals surface area contributed by atoms with E-state index in [2.05, 4.69) is 13.8 Å². The Morgan fingerprint density at radius 2 is 2.00 bits per heavy atom. The lowest BCUT2D eigenvalue weighted by Gasteiger charge is -2.14. The fraction of sp³-hybridized carbons (Fsp3) is 1.00. The highest BCUT2D eigenvalue weighted by Crippen LogP contribution is 2.56. The highest BCUT2D eigenvalue weighted by Gasteiger charge is 2.47. The van der Waals surface area contributed by atoms with Gasteiger partial charge in [-0.25, -0.2) is 0 Å². The lowest BCUT2D eigenvalue weighted by Crippen LogP contribution is -2.14. The smallest absolute Gasteiger partial charge is 0.0568 e. The van der Waals surface area contributed by atoms with Gasteiger partial charge >= 0.3 is 0 Å². The topological polar surface area (TPSA) is 20.2 Å². The minimum atomic E-state index is 0.0291. The zero-order valence-corrected chi connectivity index (χ0v) is 8.21. The highest BCUT2D eigenvalue weighted by molar-refractivity contribution is 4.97. The third-order valence-electron chi connectivity index (χ3n) is 3.92. The summed E-state index contributed by atoms with van der Waals surface area (Å²) in [4.78, 5) is 0. The molecule has 0 amide bonds. The van der Waals surface area contributed by atoms with Gasteiger partial charge in [-0.3, -0.25) is 0 Å².